The van der Waals surface area contributed by atoms with Crippen molar-refractivity contribution >= 4 is 24.3 Å². The second kappa shape index (κ2) is 4.82. The Kier molecular flexibility index (Phi) is 4.29. The van der Waals surface area contributed by atoms with Crippen molar-refractivity contribution in [2.24, 2.45) is 5.92 Å². The maximum Gasteiger partial charge on any atom is 0.152 e. The van der Waals surface area contributed by atoms with Gasteiger partial charge >= 0.3 is 0 Å². The molecule has 1 saturated heterocycles. The summed E-state index contributed by atoms with van der Waals surface area (Å²) in [6.45, 7) is 5.03. The van der Waals surface area contributed by atoms with Crippen LogP contribution >= 0.6 is 18.5 Å². The van der Waals surface area contributed by atoms with Crippen molar-refractivity contribution in [2.45, 2.75) is 38.3 Å². The smallest absolute Gasteiger partial charge is 0.152 e. The molecule has 1 aliphatic rings. The van der Waals surface area contributed by atoms with Gasteiger partial charge in [0.2, 0.25) is 0 Å². The lowest BCUT2D eigenvalue weighted by Gasteiger charge is -2.27. The third-order valence-electron chi connectivity index (χ3n) is 2.57. The van der Waals surface area contributed by atoms with Crippen molar-refractivity contribution in [1.82, 2.24) is 4.90 Å². The molecule has 0 aromatic carbocycles. The van der Waals surface area contributed by atoms with Gasteiger partial charge in [0.05, 0.1) is 6.04 Å². The molecule has 0 aromatic rings. The summed E-state index contributed by atoms with van der Waals surface area (Å²) < 4.78 is 0. The Morgan fingerprint density at radius 1 is 1.46 bits per heavy atom. The van der Waals surface area contributed by atoms with Crippen LogP contribution in [0.1, 0.15) is 26.7 Å². The summed E-state index contributed by atoms with van der Waals surface area (Å²) in [5.74, 6) is 0.562. The molecule has 1 fully saturated rings. The number of nitrogens with zero attached hydrogens (tertiary/aromatic N) is 1. The standard InChI is InChI=1S/C9H19NOP2/c1-6(2)8(11)7-4-3-5-10(7)9(12)13/h6-7,9H,3-5,12-13H2,1-2H3. The van der Waals surface area contributed by atoms with Gasteiger partial charge < -0.3 is 0 Å². The zero-order valence-corrected chi connectivity index (χ0v) is 10.7. The van der Waals surface area contributed by atoms with Crippen molar-refractivity contribution in [3.8, 4) is 0 Å². The summed E-state index contributed by atoms with van der Waals surface area (Å²) >= 11 is 0. The molecule has 0 N–H and O–H groups in total. The minimum Gasteiger partial charge on any atom is -0.298 e. The molecular weight excluding hydrogens is 200 g/mol. The SMILES string of the molecule is CC(C)C(=O)C1CCCN1C(P)P. The molecular formula is C9H19NOP2. The summed E-state index contributed by atoms with van der Waals surface area (Å²) in [4.78, 5) is 14.1. The van der Waals surface area contributed by atoms with E-state index in [0.29, 0.717) is 11.3 Å². The molecule has 3 atom stereocenters. The van der Waals surface area contributed by atoms with E-state index in [1.807, 2.05) is 13.8 Å². The Morgan fingerprint density at radius 2 is 2.08 bits per heavy atom. The van der Waals surface area contributed by atoms with Crippen molar-refractivity contribution in [2.75, 3.05) is 6.54 Å². The topological polar surface area (TPSA) is 20.3 Å². The molecule has 0 aromatic heterocycles. The average molecular weight is 219 g/mol. The van der Waals surface area contributed by atoms with E-state index in [-0.39, 0.29) is 12.0 Å². The van der Waals surface area contributed by atoms with Gasteiger partial charge in [-0.1, -0.05) is 13.8 Å². The van der Waals surface area contributed by atoms with E-state index in [1.54, 1.807) is 0 Å². The van der Waals surface area contributed by atoms with Gasteiger partial charge in [-0.25, -0.2) is 0 Å². The number of ketones is 1. The lowest BCUT2D eigenvalue weighted by Crippen LogP contribution is -2.40. The molecule has 3 unspecified atom stereocenters. The second-order valence-electron chi connectivity index (χ2n) is 3.94. The van der Waals surface area contributed by atoms with Crippen LogP contribution in [0.5, 0.6) is 0 Å². The minimum absolute atomic E-state index is 0.166. The molecule has 4 heteroatoms. The van der Waals surface area contributed by atoms with Crippen molar-refractivity contribution in [3.05, 3.63) is 0 Å². The third kappa shape index (κ3) is 2.72. The van der Waals surface area contributed by atoms with Crippen LogP contribution in [0.15, 0.2) is 0 Å². The zero-order chi connectivity index (χ0) is 10.0. The molecule has 0 radical (unpaired) electrons. The van der Waals surface area contributed by atoms with Gasteiger partial charge in [-0.3, -0.25) is 9.69 Å². The number of Topliss-reactive ketones (excluding diaryl/α,β-unsaturated/α-hetero) is 1. The molecule has 2 nitrogen and oxygen atoms in total. The highest BCUT2D eigenvalue weighted by Gasteiger charge is 2.33. The highest BCUT2D eigenvalue weighted by atomic mass is 31.1. The van der Waals surface area contributed by atoms with E-state index in [0.717, 1.165) is 19.4 Å². The number of hydrogen-bond donors (Lipinski definition) is 0. The van der Waals surface area contributed by atoms with E-state index in [9.17, 15) is 4.79 Å². The first-order chi connectivity index (χ1) is 6.04. The van der Waals surface area contributed by atoms with Crippen molar-refractivity contribution in [1.29, 1.82) is 0 Å². The van der Waals surface area contributed by atoms with Crippen LogP contribution in [-0.2, 0) is 4.79 Å². The van der Waals surface area contributed by atoms with Crippen molar-refractivity contribution < 1.29 is 4.79 Å². The fourth-order valence-corrected chi connectivity index (χ4v) is 2.55. The Labute approximate surface area is 85.2 Å². The maximum absolute atomic E-state index is 11.8. The first-order valence-electron chi connectivity index (χ1n) is 4.84. The zero-order valence-electron chi connectivity index (χ0n) is 8.36. The predicted molar refractivity (Wildman–Crippen MR) is 62.8 cm³/mol. The average Bonchev–Trinajstić information content (AvgIpc) is 2.50. The maximum atomic E-state index is 11.8. The molecule has 1 aliphatic heterocycles. The first kappa shape index (κ1) is 11.6. The van der Waals surface area contributed by atoms with Gasteiger partial charge in [0.15, 0.2) is 5.78 Å². The summed E-state index contributed by atoms with van der Waals surface area (Å²) in [6.07, 6.45) is 2.19. The molecule has 0 aliphatic carbocycles. The van der Waals surface area contributed by atoms with Gasteiger partial charge in [0.25, 0.3) is 0 Å². The number of carbonyl (C=O) groups is 1. The molecule has 0 bridgehead atoms. The Hall–Kier alpha value is 0.490. The van der Waals surface area contributed by atoms with Gasteiger partial charge in [-0.05, 0) is 19.4 Å². The normalized spacial score (nSPS) is 24.6. The van der Waals surface area contributed by atoms with Crippen LogP contribution in [0.4, 0.5) is 0 Å². The number of likely N-dealkylation sites (tertiary alicyclic amines) is 1. The van der Waals surface area contributed by atoms with Gasteiger partial charge in [-0.15, -0.1) is 18.5 Å². The monoisotopic (exact) mass is 219 g/mol. The Morgan fingerprint density at radius 3 is 2.54 bits per heavy atom. The van der Waals surface area contributed by atoms with Crippen LogP contribution in [0, 0.1) is 5.92 Å². The van der Waals surface area contributed by atoms with Gasteiger partial charge in [0.1, 0.15) is 0 Å². The summed E-state index contributed by atoms with van der Waals surface area (Å²) in [7, 11) is 5.48. The highest BCUT2D eigenvalue weighted by molar-refractivity contribution is 7.37. The fraction of sp³-hybridized carbons (Fsp3) is 0.889. The van der Waals surface area contributed by atoms with E-state index in [1.165, 1.54) is 0 Å². The highest BCUT2D eigenvalue weighted by Crippen LogP contribution is 2.28. The lowest BCUT2D eigenvalue weighted by atomic mass is 10.0. The van der Waals surface area contributed by atoms with Gasteiger partial charge in [0, 0.05) is 11.4 Å². The molecule has 1 heterocycles. The first-order valence-corrected chi connectivity index (χ1v) is 6.18. The Balaban J connectivity index is 2.63. The van der Waals surface area contributed by atoms with Crippen molar-refractivity contribution in [3.63, 3.8) is 0 Å². The lowest BCUT2D eigenvalue weighted by molar-refractivity contribution is -0.126. The molecule has 76 valence electrons. The summed E-state index contributed by atoms with van der Waals surface area (Å²) in [5.41, 5.74) is 0.343. The number of carbonyl (C=O) groups excluding carboxylic acids is 1. The molecule has 1 rings (SSSR count). The fourth-order valence-electron chi connectivity index (χ4n) is 1.84. The molecule has 0 saturated carbocycles. The van der Waals surface area contributed by atoms with Crippen LogP contribution < -0.4 is 0 Å². The van der Waals surface area contributed by atoms with E-state index < -0.39 is 0 Å². The predicted octanol–water partition coefficient (Wildman–Crippen LogP) is 1.71. The minimum atomic E-state index is 0.166. The Bertz CT molecular complexity index is 194. The van der Waals surface area contributed by atoms with Crippen LogP contribution in [-0.4, -0.2) is 28.8 Å². The number of hydrogen-bond acceptors (Lipinski definition) is 2. The molecule has 0 spiro atoms. The third-order valence-corrected chi connectivity index (χ3v) is 3.34. The van der Waals surface area contributed by atoms with Crippen LogP contribution in [0.3, 0.4) is 0 Å². The van der Waals surface area contributed by atoms with Crippen LogP contribution in [0.2, 0.25) is 0 Å². The second-order valence-corrected chi connectivity index (χ2v) is 6.08. The molecule has 13 heavy (non-hydrogen) atoms. The number of rotatable bonds is 3. The summed E-state index contributed by atoms with van der Waals surface area (Å²) in [5, 5.41) is 0. The van der Waals surface area contributed by atoms with E-state index >= 15 is 0 Å². The summed E-state index contributed by atoms with van der Waals surface area (Å²) in [6, 6.07) is 0.167. The largest absolute Gasteiger partial charge is 0.298 e. The quantitative estimate of drug-likeness (QED) is 0.673. The van der Waals surface area contributed by atoms with Gasteiger partial charge in [-0.2, -0.15) is 0 Å². The van der Waals surface area contributed by atoms with E-state index in [4.69, 9.17) is 0 Å². The van der Waals surface area contributed by atoms with E-state index in [2.05, 4.69) is 23.4 Å². The van der Waals surface area contributed by atoms with Crippen LogP contribution in [0.25, 0.3) is 0 Å². The molecule has 0 amide bonds.